The molecule has 4 rings (SSSR count). The number of benzene rings is 1. The molecule has 1 atom stereocenters. The number of nitrogens with zero attached hydrogens (tertiary/aromatic N) is 4. The molecular weight excluding hydrogens is 382 g/mol. The maximum Gasteiger partial charge on any atom is 0.277 e. The number of anilines is 1. The van der Waals surface area contributed by atoms with Crippen LogP contribution in [-0.2, 0) is 10.2 Å². The Morgan fingerprint density at radius 3 is 2.71 bits per heavy atom. The zero-order valence-corrected chi connectivity index (χ0v) is 16.8. The molecule has 1 aromatic carbocycles. The quantitative estimate of drug-likeness (QED) is 0.715. The van der Waals surface area contributed by atoms with Gasteiger partial charge in [-0.25, -0.2) is 15.1 Å². The Morgan fingerprint density at radius 2 is 2.11 bits per heavy atom. The van der Waals surface area contributed by atoms with E-state index in [1.807, 2.05) is 18.2 Å². The molecule has 152 valence electrons. The van der Waals surface area contributed by atoms with Gasteiger partial charge in [-0.1, -0.05) is 0 Å². The molecule has 1 aliphatic heterocycles. The minimum Gasteiger partial charge on any atom is -0.497 e. The summed E-state index contributed by atoms with van der Waals surface area (Å²) in [4.78, 5) is 11.0. The predicted octanol–water partition coefficient (Wildman–Crippen LogP) is 0.494. The van der Waals surface area contributed by atoms with E-state index in [2.05, 4.69) is 14.9 Å². The molecule has 10 heteroatoms. The Balaban J connectivity index is 1.45. The van der Waals surface area contributed by atoms with Crippen molar-refractivity contribution in [1.29, 1.82) is 0 Å². The molecule has 2 heterocycles. The van der Waals surface area contributed by atoms with Crippen LogP contribution in [0.15, 0.2) is 24.5 Å². The van der Waals surface area contributed by atoms with Crippen molar-refractivity contribution in [2.24, 2.45) is 10.6 Å². The zero-order valence-electron chi connectivity index (χ0n) is 15.9. The van der Waals surface area contributed by atoms with Gasteiger partial charge < -0.3 is 14.7 Å². The van der Waals surface area contributed by atoms with Crippen LogP contribution in [0.5, 0.6) is 5.75 Å². The summed E-state index contributed by atoms with van der Waals surface area (Å²) in [5.41, 5.74) is 0.907. The third kappa shape index (κ3) is 3.41. The van der Waals surface area contributed by atoms with Crippen molar-refractivity contribution in [2.45, 2.75) is 31.9 Å². The lowest BCUT2D eigenvalue weighted by Crippen LogP contribution is -2.68. The highest BCUT2D eigenvalue weighted by atomic mass is 32.2. The van der Waals surface area contributed by atoms with E-state index < -0.39 is 16.3 Å². The van der Waals surface area contributed by atoms with E-state index in [0.717, 1.165) is 48.4 Å². The zero-order chi connectivity index (χ0) is 20.1. The molecule has 0 bridgehead atoms. The fourth-order valence-corrected chi connectivity index (χ4v) is 5.43. The van der Waals surface area contributed by atoms with Crippen LogP contribution in [0.1, 0.15) is 19.8 Å². The normalized spacial score (nSPS) is 20.2. The van der Waals surface area contributed by atoms with Gasteiger partial charge in [-0.15, -0.1) is 0 Å². The monoisotopic (exact) mass is 407 g/mol. The number of nitrogens with two attached hydrogens (primary N) is 1. The number of methoxy groups -OCH3 is 1. The van der Waals surface area contributed by atoms with Crippen molar-refractivity contribution < 1.29 is 18.3 Å². The van der Waals surface area contributed by atoms with Crippen LogP contribution < -0.4 is 14.8 Å². The van der Waals surface area contributed by atoms with Crippen LogP contribution in [-0.4, -0.2) is 66.7 Å². The van der Waals surface area contributed by atoms with E-state index in [-0.39, 0.29) is 18.0 Å². The smallest absolute Gasteiger partial charge is 0.277 e. The number of aliphatic hydroxyl groups is 1. The summed E-state index contributed by atoms with van der Waals surface area (Å²) in [5.74, 6) is 1.63. The van der Waals surface area contributed by atoms with Gasteiger partial charge in [0.1, 0.15) is 17.9 Å². The van der Waals surface area contributed by atoms with Gasteiger partial charge in [-0.2, -0.15) is 12.7 Å². The van der Waals surface area contributed by atoms with Crippen molar-refractivity contribution in [2.75, 3.05) is 31.6 Å². The van der Waals surface area contributed by atoms with Crippen LogP contribution in [0.4, 0.5) is 5.82 Å². The number of hydrogen-bond donors (Lipinski definition) is 2. The Hall–Kier alpha value is -2.01. The maximum absolute atomic E-state index is 11.9. The van der Waals surface area contributed by atoms with E-state index in [4.69, 9.17) is 9.88 Å². The van der Waals surface area contributed by atoms with Crippen molar-refractivity contribution >= 4 is 26.9 Å². The van der Waals surface area contributed by atoms with E-state index in [0.29, 0.717) is 0 Å². The average molecular weight is 407 g/mol. The summed E-state index contributed by atoms with van der Waals surface area (Å²) in [7, 11) is -2.21. The molecule has 1 spiro atoms. The van der Waals surface area contributed by atoms with Crippen LogP contribution in [0.3, 0.4) is 0 Å². The minimum atomic E-state index is -3.83. The summed E-state index contributed by atoms with van der Waals surface area (Å²) in [6.45, 7) is 3.22. The van der Waals surface area contributed by atoms with Gasteiger partial charge in [0.2, 0.25) is 0 Å². The molecule has 0 amide bonds. The van der Waals surface area contributed by atoms with Crippen LogP contribution in [0.25, 0.3) is 10.9 Å². The molecule has 1 aliphatic carbocycles. The standard InChI is InChI=1S/C18H25N5O4S/c1-12(24)8-23(28(19,25)26)13-6-18(7-13)9-22(10-18)17-15-4-3-14(27-2)5-16(15)20-11-21-17/h3-5,11-13,24H,6-10H2,1-2H3,(H2,19,25,26). The second kappa shape index (κ2) is 6.80. The van der Waals surface area contributed by atoms with Gasteiger partial charge in [0.05, 0.1) is 18.7 Å². The highest BCUT2D eigenvalue weighted by Gasteiger charge is 2.55. The Labute approximate surface area is 164 Å². The lowest BCUT2D eigenvalue weighted by Gasteiger charge is -2.61. The summed E-state index contributed by atoms with van der Waals surface area (Å²) >= 11 is 0. The topological polar surface area (TPSA) is 122 Å². The van der Waals surface area contributed by atoms with Gasteiger partial charge >= 0.3 is 0 Å². The first-order valence-electron chi connectivity index (χ1n) is 9.22. The number of rotatable bonds is 6. The lowest BCUT2D eigenvalue weighted by atomic mass is 9.60. The highest BCUT2D eigenvalue weighted by molar-refractivity contribution is 7.86. The van der Waals surface area contributed by atoms with Crippen LogP contribution in [0.2, 0.25) is 0 Å². The van der Waals surface area contributed by atoms with E-state index in [9.17, 15) is 13.5 Å². The van der Waals surface area contributed by atoms with E-state index >= 15 is 0 Å². The van der Waals surface area contributed by atoms with E-state index in [1.54, 1.807) is 20.4 Å². The average Bonchev–Trinajstić information content (AvgIpc) is 2.56. The number of aliphatic hydroxyl groups excluding tert-OH is 1. The molecule has 28 heavy (non-hydrogen) atoms. The summed E-state index contributed by atoms with van der Waals surface area (Å²) in [6.07, 6.45) is 2.28. The first kappa shape index (κ1) is 19.3. The molecule has 9 nitrogen and oxygen atoms in total. The highest BCUT2D eigenvalue weighted by Crippen LogP contribution is 2.52. The van der Waals surface area contributed by atoms with Crippen molar-refractivity contribution in [1.82, 2.24) is 14.3 Å². The first-order valence-corrected chi connectivity index (χ1v) is 10.7. The molecule has 1 saturated carbocycles. The van der Waals surface area contributed by atoms with Crippen molar-refractivity contribution in [3.63, 3.8) is 0 Å². The third-order valence-corrected chi connectivity index (χ3v) is 6.79. The maximum atomic E-state index is 11.9. The largest absolute Gasteiger partial charge is 0.497 e. The Kier molecular flexibility index (Phi) is 4.69. The molecule has 1 saturated heterocycles. The fraction of sp³-hybridized carbons (Fsp3) is 0.556. The van der Waals surface area contributed by atoms with Gasteiger partial charge in [-0.05, 0) is 31.9 Å². The lowest BCUT2D eigenvalue weighted by molar-refractivity contribution is 0.00232. The number of ether oxygens (including phenoxy) is 1. The number of fused-ring (bicyclic) bond motifs is 1. The van der Waals surface area contributed by atoms with E-state index in [1.165, 1.54) is 4.31 Å². The molecule has 1 aromatic heterocycles. The van der Waals surface area contributed by atoms with Gasteiger partial charge in [0.15, 0.2) is 0 Å². The second-order valence-electron chi connectivity index (χ2n) is 7.96. The van der Waals surface area contributed by atoms with Crippen LogP contribution >= 0.6 is 0 Å². The molecule has 2 aliphatic rings. The summed E-state index contributed by atoms with van der Waals surface area (Å²) < 4.78 is 30.2. The van der Waals surface area contributed by atoms with Gasteiger partial charge in [0.25, 0.3) is 10.2 Å². The van der Waals surface area contributed by atoms with Gasteiger partial charge in [0, 0.05) is 42.5 Å². The second-order valence-corrected chi connectivity index (χ2v) is 9.46. The fourth-order valence-electron chi connectivity index (χ4n) is 4.44. The third-order valence-electron chi connectivity index (χ3n) is 5.69. The van der Waals surface area contributed by atoms with Crippen molar-refractivity contribution in [3.8, 4) is 5.75 Å². The van der Waals surface area contributed by atoms with Crippen molar-refractivity contribution in [3.05, 3.63) is 24.5 Å². The molecule has 2 aromatic rings. The number of hydrogen-bond acceptors (Lipinski definition) is 7. The molecule has 0 radical (unpaired) electrons. The molecular formula is C18H25N5O4S. The van der Waals surface area contributed by atoms with Gasteiger partial charge in [-0.3, -0.25) is 0 Å². The summed E-state index contributed by atoms with van der Waals surface area (Å²) in [6, 6.07) is 5.58. The Bertz CT molecular complexity index is 983. The predicted molar refractivity (Wildman–Crippen MR) is 105 cm³/mol. The first-order chi connectivity index (χ1) is 13.2. The number of aromatic nitrogens is 2. The Morgan fingerprint density at radius 1 is 1.39 bits per heavy atom. The SMILES string of the molecule is COc1ccc2c(N3CC4(CC(N(CC(C)O)S(N)(=O)=O)C4)C3)ncnc2c1. The van der Waals surface area contributed by atoms with Crippen LogP contribution in [0, 0.1) is 5.41 Å². The molecule has 2 fully saturated rings. The molecule has 3 N–H and O–H groups in total. The molecule has 1 unspecified atom stereocenters. The minimum absolute atomic E-state index is 0.0294. The summed E-state index contributed by atoms with van der Waals surface area (Å²) in [5, 5.41) is 15.9.